The molecule has 0 unspecified atom stereocenters. The number of carbonyl (C=O) groups excluding carboxylic acids is 1. The van der Waals surface area contributed by atoms with Gasteiger partial charge in [0.2, 0.25) is 0 Å². The molecule has 0 bridgehead atoms. The zero-order chi connectivity index (χ0) is 12.3. The monoisotopic (exact) mass is 229 g/mol. The maximum absolute atomic E-state index is 11.2. The van der Waals surface area contributed by atoms with Gasteiger partial charge in [0.15, 0.2) is 11.5 Å². The first-order valence-corrected chi connectivity index (χ1v) is 5.09. The van der Waals surface area contributed by atoms with Gasteiger partial charge in [0.05, 0.1) is 0 Å². The van der Waals surface area contributed by atoms with Crippen LogP contribution in [-0.4, -0.2) is 15.9 Å². The van der Waals surface area contributed by atoms with E-state index >= 15 is 0 Å². The van der Waals surface area contributed by atoms with Crippen LogP contribution in [0.15, 0.2) is 42.6 Å². The van der Waals surface area contributed by atoms with Gasteiger partial charge >= 0.3 is 0 Å². The van der Waals surface area contributed by atoms with E-state index in [1.165, 1.54) is 19.2 Å². The highest BCUT2D eigenvalue weighted by atomic mass is 16.5. The van der Waals surface area contributed by atoms with Crippen molar-refractivity contribution in [2.24, 2.45) is 0 Å². The molecule has 0 radical (unpaired) electrons. The highest BCUT2D eigenvalue weighted by Gasteiger charge is 2.06. The third-order valence-electron chi connectivity index (χ3n) is 2.21. The maximum atomic E-state index is 11.2. The average molecular weight is 229 g/mol. The molecule has 1 aromatic carbocycles. The summed E-state index contributed by atoms with van der Waals surface area (Å²) in [5, 5.41) is 9.50. The number of pyridine rings is 1. The molecule has 86 valence electrons. The molecule has 0 aliphatic heterocycles. The van der Waals surface area contributed by atoms with Gasteiger partial charge in [-0.3, -0.25) is 4.79 Å². The van der Waals surface area contributed by atoms with E-state index in [9.17, 15) is 9.90 Å². The van der Waals surface area contributed by atoms with Crippen LogP contribution in [0, 0.1) is 0 Å². The fourth-order valence-electron chi connectivity index (χ4n) is 1.35. The Morgan fingerprint density at radius 1 is 1.29 bits per heavy atom. The minimum absolute atomic E-state index is 0.0410. The molecule has 0 amide bonds. The molecule has 0 spiro atoms. The lowest BCUT2D eigenvalue weighted by molar-refractivity contribution is 0.101. The molecule has 17 heavy (non-hydrogen) atoms. The van der Waals surface area contributed by atoms with E-state index in [1.807, 2.05) is 0 Å². The van der Waals surface area contributed by atoms with Gasteiger partial charge < -0.3 is 9.84 Å². The lowest BCUT2D eigenvalue weighted by Crippen LogP contribution is -1.93. The van der Waals surface area contributed by atoms with E-state index in [0.717, 1.165) is 0 Å². The summed E-state index contributed by atoms with van der Waals surface area (Å²) in [6.45, 7) is 1.48. The van der Waals surface area contributed by atoms with Gasteiger partial charge in [0, 0.05) is 11.8 Å². The summed E-state index contributed by atoms with van der Waals surface area (Å²) in [5.74, 6) is 0.501. The van der Waals surface area contributed by atoms with E-state index in [1.54, 1.807) is 30.3 Å². The molecule has 2 rings (SSSR count). The number of aromatic hydroxyl groups is 1. The number of rotatable bonds is 3. The lowest BCUT2D eigenvalue weighted by atomic mass is 10.1. The number of ether oxygens (including phenoxy) is 1. The Kier molecular flexibility index (Phi) is 3.05. The highest BCUT2D eigenvalue weighted by Crippen LogP contribution is 2.27. The van der Waals surface area contributed by atoms with Gasteiger partial charge in [-0.25, -0.2) is 4.98 Å². The van der Waals surface area contributed by atoms with Crippen molar-refractivity contribution in [1.82, 2.24) is 4.98 Å². The number of benzene rings is 1. The van der Waals surface area contributed by atoms with E-state index in [2.05, 4.69) is 4.98 Å². The van der Waals surface area contributed by atoms with Crippen molar-refractivity contribution in [3.05, 3.63) is 48.2 Å². The highest BCUT2D eigenvalue weighted by molar-refractivity contribution is 5.94. The van der Waals surface area contributed by atoms with Crippen molar-refractivity contribution in [1.29, 1.82) is 0 Å². The number of nitrogens with zero attached hydrogens (tertiary/aromatic N) is 1. The van der Waals surface area contributed by atoms with Gasteiger partial charge in [0.1, 0.15) is 5.75 Å². The third-order valence-corrected chi connectivity index (χ3v) is 2.21. The summed E-state index contributed by atoms with van der Waals surface area (Å²) >= 11 is 0. The fourth-order valence-corrected chi connectivity index (χ4v) is 1.35. The molecule has 4 nitrogen and oxygen atoms in total. The molecule has 1 N–H and O–H groups in total. The minimum Gasteiger partial charge on any atom is -0.503 e. The van der Waals surface area contributed by atoms with Crippen LogP contribution in [0.1, 0.15) is 17.3 Å². The predicted molar refractivity (Wildman–Crippen MR) is 62.4 cm³/mol. The summed E-state index contributed by atoms with van der Waals surface area (Å²) in [7, 11) is 0. The molecule has 0 aliphatic rings. The summed E-state index contributed by atoms with van der Waals surface area (Å²) < 4.78 is 5.39. The number of hydrogen-bond acceptors (Lipinski definition) is 4. The second-order valence-electron chi connectivity index (χ2n) is 3.51. The second-order valence-corrected chi connectivity index (χ2v) is 3.51. The van der Waals surface area contributed by atoms with Crippen molar-refractivity contribution in [2.45, 2.75) is 6.92 Å². The predicted octanol–water partition coefficient (Wildman–Crippen LogP) is 2.78. The number of ketones is 1. The number of carbonyl (C=O) groups is 1. The molecule has 0 saturated heterocycles. The number of aromatic nitrogens is 1. The zero-order valence-corrected chi connectivity index (χ0v) is 9.25. The van der Waals surface area contributed by atoms with E-state index < -0.39 is 0 Å². The van der Waals surface area contributed by atoms with Gasteiger partial charge in [-0.05, 0) is 31.2 Å². The number of Topliss-reactive ketones (excluding diaryl/α,β-unsaturated/α-hetero) is 1. The smallest absolute Gasteiger partial charge is 0.262 e. The quantitative estimate of drug-likeness (QED) is 0.822. The van der Waals surface area contributed by atoms with E-state index in [0.29, 0.717) is 11.3 Å². The molecule has 0 aliphatic carbocycles. The second kappa shape index (κ2) is 4.65. The molecular weight excluding hydrogens is 218 g/mol. The third kappa shape index (κ3) is 2.60. The molecular formula is C13H11NO3. The molecule has 0 fully saturated rings. The SMILES string of the molecule is CC(=O)c1cccc(Oc2ncccc2O)c1. The average Bonchev–Trinajstić information content (AvgIpc) is 2.32. The molecule has 0 saturated carbocycles. The van der Waals surface area contributed by atoms with Crippen LogP contribution in [0.2, 0.25) is 0 Å². The minimum atomic E-state index is -0.0410. The summed E-state index contributed by atoms with van der Waals surface area (Å²) in [6, 6.07) is 9.81. The Labute approximate surface area is 98.5 Å². The Morgan fingerprint density at radius 2 is 2.12 bits per heavy atom. The lowest BCUT2D eigenvalue weighted by Gasteiger charge is -2.06. The van der Waals surface area contributed by atoms with Gasteiger partial charge in [-0.2, -0.15) is 0 Å². The molecule has 1 heterocycles. The van der Waals surface area contributed by atoms with Crippen LogP contribution in [0.4, 0.5) is 0 Å². The van der Waals surface area contributed by atoms with Crippen LogP contribution < -0.4 is 4.74 Å². The van der Waals surface area contributed by atoms with E-state index in [4.69, 9.17) is 4.74 Å². The van der Waals surface area contributed by atoms with Crippen molar-refractivity contribution < 1.29 is 14.6 Å². The van der Waals surface area contributed by atoms with Crippen LogP contribution in [0.3, 0.4) is 0 Å². The molecule has 4 heteroatoms. The molecule has 2 aromatic rings. The molecule has 0 atom stereocenters. The van der Waals surface area contributed by atoms with Crippen molar-refractivity contribution in [2.75, 3.05) is 0 Å². The van der Waals surface area contributed by atoms with Gasteiger partial charge in [-0.15, -0.1) is 0 Å². The van der Waals surface area contributed by atoms with Gasteiger partial charge in [-0.1, -0.05) is 12.1 Å². The summed E-state index contributed by atoms with van der Waals surface area (Å²) in [6.07, 6.45) is 1.52. The first-order chi connectivity index (χ1) is 8.16. The standard InChI is InChI=1S/C13H11NO3/c1-9(15)10-4-2-5-11(8-10)17-13-12(16)6-3-7-14-13/h2-8,16H,1H3. The Balaban J connectivity index is 2.28. The van der Waals surface area contributed by atoms with Crippen molar-refractivity contribution >= 4 is 5.78 Å². The first-order valence-electron chi connectivity index (χ1n) is 5.09. The first kappa shape index (κ1) is 11.1. The Morgan fingerprint density at radius 3 is 2.82 bits per heavy atom. The Hall–Kier alpha value is -2.36. The van der Waals surface area contributed by atoms with Crippen LogP contribution >= 0.6 is 0 Å². The number of hydrogen-bond donors (Lipinski definition) is 1. The maximum Gasteiger partial charge on any atom is 0.262 e. The van der Waals surface area contributed by atoms with Crippen LogP contribution in [0.25, 0.3) is 0 Å². The zero-order valence-electron chi connectivity index (χ0n) is 9.25. The summed E-state index contributed by atoms with van der Waals surface area (Å²) in [4.78, 5) is 15.1. The van der Waals surface area contributed by atoms with E-state index in [-0.39, 0.29) is 17.4 Å². The van der Waals surface area contributed by atoms with Crippen LogP contribution in [0.5, 0.6) is 17.4 Å². The normalized spacial score (nSPS) is 9.94. The fraction of sp³-hybridized carbons (Fsp3) is 0.0769. The van der Waals surface area contributed by atoms with Crippen LogP contribution in [-0.2, 0) is 0 Å². The molecule has 1 aromatic heterocycles. The van der Waals surface area contributed by atoms with Gasteiger partial charge in [0.25, 0.3) is 5.88 Å². The summed E-state index contributed by atoms with van der Waals surface area (Å²) in [5.41, 5.74) is 0.554. The van der Waals surface area contributed by atoms with Crippen molar-refractivity contribution in [3.63, 3.8) is 0 Å². The Bertz CT molecular complexity index is 552. The topological polar surface area (TPSA) is 59.4 Å². The largest absolute Gasteiger partial charge is 0.503 e. The van der Waals surface area contributed by atoms with Crippen molar-refractivity contribution in [3.8, 4) is 17.4 Å².